The normalized spacial score (nSPS) is 11.1. The second kappa shape index (κ2) is 6.28. The molecule has 0 atom stereocenters. The molecule has 0 saturated heterocycles. The fourth-order valence-electron chi connectivity index (χ4n) is 1.94. The van der Waals surface area contributed by atoms with Crippen LogP contribution in [0.3, 0.4) is 0 Å². The van der Waals surface area contributed by atoms with Crippen molar-refractivity contribution in [3.8, 4) is 0 Å². The quantitative estimate of drug-likeness (QED) is 0.817. The zero-order valence-electron chi connectivity index (χ0n) is 10.7. The average molecular weight is 245 g/mol. The van der Waals surface area contributed by atoms with Gasteiger partial charge in [-0.3, -0.25) is 9.58 Å². The highest BCUT2D eigenvalue weighted by Crippen LogP contribution is 2.07. The van der Waals surface area contributed by atoms with Gasteiger partial charge in [0.2, 0.25) is 0 Å². The summed E-state index contributed by atoms with van der Waals surface area (Å²) < 4.78 is 1.72. The minimum atomic E-state index is 0.646. The van der Waals surface area contributed by atoms with Crippen LogP contribution in [0.25, 0.3) is 0 Å². The molecule has 2 aromatic rings. The molecule has 0 fully saturated rings. The number of nitrogens with zero attached hydrogens (tertiary/aromatic N) is 4. The number of benzene rings is 1. The van der Waals surface area contributed by atoms with Gasteiger partial charge in [-0.1, -0.05) is 35.5 Å². The maximum Gasteiger partial charge on any atom is 0.0967 e. The highest BCUT2D eigenvalue weighted by molar-refractivity contribution is 5.14. The van der Waals surface area contributed by atoms with Gasteiger partial charge in [0, 0.05) is 39.4 Å². The van der Waals surface area contributed by atoms with Crippen LogP contribution in [0, 0.1) is 0 Å². The standard InChI is InChI=1S/C13H19N5/c1-17-10-13(15-16-17)11-18(8-7-14)9-12-5-3-2-4-6-12/h2-6,10H,7-9,11,14H2,1H3. The smallest absolute Gasteiger partial charge is 0.0967 e. The predicted molar refractivity (Wildman–Crippen MR) is 70.6 cm³/mol. The van der Waals surface area contributed by atoms with Crippen molar-refractivity contribution in [3.05, 3.63) is 47.8 Å². The third kappa shape index (κ3) is 3.65. The van der Waals surface area contributed by atoms with Crippen LogP contribution in [0.1, 0.15) is 11.3 Å². The predicted octanol–water partition coefficient (Wildman–Crippen LogP) is 0.776. The van der Waals surface area contributed by atoms with Gasteiger partial charge in [0.25, 0.3) is 0 Å². The van der Waals surface area contributed by atoms with Crippen molar-refractivity contribution in [2.24, 2.45) is 12.8 Å². The monoisotopic (exact) mass is 245 g/mol. The van der Waals surface area contributed by atoms with E-state index in [2.05, 4.69) is 39.5 Å². The molecule has 18 heavy (non-hydrogen) atoms. The summed E-state index contributed by atoms with van der Waals surface area (Å²) in [5, 5.41) is 8.06. The summed E-state index contributed by atoms with van der Waals surface area (Å²) in [5.41, 5.74) is 7.92. The zero-order valence-corrected chi connectivity index (χ0v) is 10.7. The molecule has 1 heterocycles. The van der Waals surface area contributed by atoms with E-state index >= 15 is 0 Å². The van der Waals surface area contributed by atoms with E-state index in [9.17, 15) is 0 Å². The van der Waals surface area contributed by atoms with Gasteiger partial charge in [0.15, 0.2) is 0 Å². The Hall–Kier alpha value is -1.72. The summed E-state index contributed by atoms with van der Waals surface area (Å²) in [6.45, 7) is 3.16. The van der Waals surface area contributed by atoms with E-state index in [1.807, 2.05) is 19.3 Å². The van der Waals surface area contributed by atoms with Crippen LogP contribution in [0.4, 0.5) is 0 Å². The van der Waals surface area contributed by atoms with Crippen LogP contribution in [-0.2, 0) is 20.1 Å². The van der Waals surface area contributed by atoms with Gasteiger partial charge in [-0.2, -0.15) is 0 Å². The van der Waals surface area contributed by atoms with Crippen molar-refractivity contribution in [2.75, 3.05) is 13.1 Å². The van der Waals surface area contributed by atoms with Crippen molar-refractivity contribution in [2.45, 2.75) is 13.1 Å². The number of aryl methyl sites for hydroxylation is 1. The van der Waals surface area contributed by atoms with Gasteiger partial charge in [-0.05, 0) is 5.56 Å². The fourth-order valence-corrected chi connectivity index (χ4v) is 1.94. The van der Waals surface area contributed by atoms with Crippen molar-refractivity contribution < 1.29 is 0 Å². The molecule has 5 heteroatoms. The topological polar surface area (TPSA) is 60.0 Å². The Bertz CT molecular complexity index is 465. The molecule has 0 aliphatic rings. The molecule has 1 aromatic heterocycles. The van der Waals surface area contributed by atoms with Crippen LogP contribution < -0.4 is 5.73 Å². The Morgan fingerprint density at radius 3 is 2.61 bits per heavy atom. The molecule has 0 saturated carbocycles. The van der Waals surface area contributed by atoms with Gasteiger partial charge >= 0.3 is 0 Å². The molecule has 5 nitrogen and oxygen atoms in total. The van der Waals surface area contributed by atoms with E-state index in [0.29, 0.717) is 6.54 Å². The molecule has 2 rings (SSSR count). The van der Waals surface area contributed by atoms with Gasteiger partial charge < -0.3 is 5.73 Å². The van der Waals surface area contributed by atoms with E-state index in [0.717, 1.165) is 25.3 Å². The molecule has 0 amide bonds. The Labute approximate surface area is 107 Å². The third-order valence-electron chi connectivity index (χ3n) is 2.73. The van der Waals surface area contributed by atoms with E-state index in [1.54, 1.807) is 4.68 Å². The maximum absolute atomic E-state index is 5.66. The largest absolute Gasteiger partial charge is 0.329 e. The number of hydrogen-bond donors (Lipinski definition) is 1. The van der Waals surface area contributed by atoms with Gasteiger partial charge in [0.05, 0.1) is 5.69 Å². The van der Waals surface area contributed by atoms with E-state index < -0.39 is 0 Å². The summed E-state index contributed by atoms with van der Waals surface area (Å²) >= 11 is 0. The molecule has 0 aliphatic heterocycles. The minimum Gasteiger partial charge on any atom is -0.329 e. The van der Waals surface area contributed by atoms with E-state index in [-0.39, 0.29) is 0 Å². The molecule has 96 valence electrons. The second-order valence-corrected chi connectivity index (χ2v) is 4.37. The second-order valence-electron chi connectivity index (χ2n) is 4.37. The first kappa shape index (κ1) is 12.7. The SMILES string of the molecule is Cn1cc(CN(CCN)Cc2ccccc2)nn1. The lowest BCUT2D eigenvalue weighted by molar-refractivity contribution is 0.261. The molecule has 0 radical (unpaired) electrons. The van der Waals surface area contributed by atoms with Crippen LogP contribution in [0.2, 0.25) is 0 Å². The summed E-state index contributed by atoms with van der Waals surface area (Å²) in [6, 6.07) is 10.4. The molecule has 0 bridgehead atoms. The first-order valence-corrected chi connectivity index (χ1v) is 6.09. The molecule has 2 N–H and O–H groups in total. The number of nitrogens with two attached hydrogens (primary N) is 1. The lowest BCUT2D eigenvalue weighted by Gasteiger charge is -2.20. The average Bonchev–Trinajstić information content (AvgIpc) is 2.76. The Balaban J connectivity index is 1.99. The molecular formula is C13H19N5. The lowest BCUT2D eigenvalue weighted by Crippen LogP contribution is -2.28. The summed E-state index contributed by atoms with van der Waals surface area (Å²) in [5.74, 6) is 0. The van der Waals surface area contributed by atoms with Crippen molar-refractivity contribution >= 4 is 0 Å². The molecule has 0 unspecified atom stereocenters. The lowest BCUT2D eigenvalue weighted by atomic mass is 10.2. The van der Waals surface area contributed by atoms with Gasteiger partial charge in [0.1, 0.15) is 0 Å². The van der Waals surface area contributed by atoms with Gasteiger partial charge in [-0.25, -0.2) is 0 Å². The van der Waals surface area contributed by atoms with E-state index in [4.69, 9.17) is 5.73 Å². The number of aromatic nitrogens is 3. The Morgan fingerprint density at radius 2 is 2.00 bits per heavy atom. The Morgan fingerprint density at radius 1 is 1.22 bits per heavy atom. The van der Waals surface area contributed by atoms with Crippen LogP contribution in [0.5, 0.6) is 0 Å². The number of hydrogen-bond acceptors (Lipinski definition) is 4. The fraction of sp³-hybridized carbons (Fsp3) is 0.385. The summed E-state index contributed by atoms with van der Waals surface area (Å²) in [4.78, 5) is 2.28. The Kier molecular flexibility index (Phi) is 4.44. The first-order chi connectivity index (χ1) is 8.78. The molecular weight excluding hydrogens is 226 g/mol. The molecule has 0 aliphatic carbocycles. The maximum atomic E-state index is 5.66. The highest BCUT2D eigenvalue weighted by atomic mass is 15.4. The van der Waals surface area contributed by atoms with Crippen LogP contribution >= 0.6 is 0 Å². The minimum absolute atomic E-state index is 0.646. The zero-order chi connectivity index (χ0) is 12.8. The van der Waals surface area contributed by atoms with Crippen molar-refractivity contribution in [1.82, 2.24) is 19.9 Å². The van der Waals surface area contributed by atoms with E-state index in [1.165, 1.54) is 5.56 Å². The van der Waals surface area contributed by atoms with Crippen LogP contribution in [0.15, 0.2) is 36.5 Å². The number of rotatable bonds is 6. The highest BCUT2D eigenvalue weighted by Gasteiger charge is 2.08. The molecule has 0 spiro atoms. The first-order valence-electron chi connectivity index (χ1n) is 6.09. The van der Waals surface area contributed by atoms with Crippen molar-refractivity contribution in [3.63, 3.8) is 0 Å². The summed E-state index contributed by atoms with van der Waals surface area (Å²) in [7, 11) is 1.88. The van der Waals surface area contributed by atoms with Crippen LogP contribution in [-0.4, -0.2) is 33.0 Å². The molecule has 1 aromatic carbocycles. The summed E-state index contributed by atoms with van der Waals surface area (Å²) in [6.07, 6.45) is 1.94. The van der Waals surface area contributed by atoms with Gasteiger partial charge in [-0.15, -0.1) is 5.10 Å². The third-order valence-corrected chi connectivity index (χ3v) is 2.73. The van der Waals surface area contributed by atoms with Crippen molar-refractivity contribution in [1.29, 1.82) is 0 Å².